The highest BCUT2D eigenvalue weighted by Crippen LogP contribution is 2.29. The van der Waals surface area contributed by atoms with Gasteiger partial charge in [-0.25, -0.2) is 4.79 Å². The third-order valence-electron chi connectivity index (χ3n) is 2.73. The largest absolute Gasteiger partial charge is 0.406 e. The van der Waals surface area contributed by atoms with Gasteiger partial charge in [0.05, 0.1) is 11.3 Å². The number of fused-ring (bicyclic) bond motifs is 1. The average molecular weight is 232 g/mol. The van der Waals surface area contributed by atoms with Crippen LogP contribution in [0.25, 0.3) is 0 Å². The van der Waals surface area contributed by atoms with Gasteiger partial charge in [-0.1, -0.05) is 12.1 Å². The van der Waals surface area contributed by atoms with Gasteiger partial charge in [-0.05, 0) is 38.7 Å². The van der Waals surface area contributed by atoms with Gasteiger partial charge in [-0.2, -0.15) is 0 Å². The van der Waals surface area contributed by atoms with Gasteiger partial charge in [0.15, 0.2) is 5.88 Å². The van der Waals surface area contributed by atoms with Gasteiger partial charge in [0.1, 0.15) is 0 Å². The highest BCUT2D eigenvalue weighted by molar-refractivity contribution is 5.98. The Balaban J connectivity index is 2.23. The zero-order valence-corrected chi connectivity index (χ0v) is 9.90. The first-order valence-corrected chi connectivity index (χ1v) is 5.66. The summed E-state index contributed by atoms with van der Waals surface area (Å²) in [6, 6.07) is 7.44. The Morgan fingerprint density at radius 2 is 2.18 bits per heavy atom. The number of anilines is 1. The van der Waals surface area contributed by atoms with Crippen LogP contribution < -0.4 is 10.2 Å². The highest BCUT2D eigenvalue weighted by Gasteiger charge is 2.26. The molecule has 0 spiro atoms. The zero-order valence-electron chi connectivity index (χ0n) is 9.90. The molecule has 1 N–H and O–H groups in total. The molecule has 17 heavy (non-hydrogen) atoms. The van der Waals surface area contributed by atoms with E-state index in [0.717, 1.165) is 25.2 Å². The fraction of sp³-hybridized carbons (Fsp3) is 0.308. The summed E-state index contributed by atoms with van der Waals surface area (Å²) >= 11 is 0. The fourth-order valence-electron chi connectivity index (χ4n) is 1.89. The van der Waals surface area contributed by atoms with Crippen molar-refractivity contribution in [3.05, 3.63) is 42.3 Å². The van der Waals surface area contributed by atoms with Crippen LogP contribution in [0.5, 0.6) is 0 Å². The van der Waals surface area contributed by atoms with Crippen LogP contribution in [-0.4, -0.2) is 26.1 Å². The first kappa shape index (κ1) is 11.7. The molecule has 90 valence electrons. The minimum absolute atomic E-state index is 0.324. The van der Waals surface area contributed by atoms with E-state index in [0.29, 0.717) is 11.4 Å². The van der Waals surface area contributed by atoms with Gasteiger partial charge in [-0.15, -0.1) is 0 Å². The minimum Gasteiger partial charge on any atom is -0.406 e. The monoisotopic (exact) mass is 232 g/mol. The summed E-state index contributed by atoms with van der Waals surface area (Å²) in [7, 11) is 1.92. The van der Waals surface area contributed by atoms with Crippen molar-refractivity contribution in [1.29, 1.82) is 0 Å². The fourth-order valence-corrected chi connectivity index (χ4v) is 1.89. The third-order valence-corrected chi connectivity index (χ3v) is 2.73. The van der Waals surface area contributed by atoms with E-state index >= 15 is 0 Å². The highest BCUT2D eigenvalue weighted by atomic mass is 16.6. The molecule has 1 aliphatic heterocycles. The molecule has 0 unspecified atom stereocenters. The van der Waals surface area contributed by atoms with Gasteiger partial charge in [0.2, 0.25) is 0 Å². The number of hydrogen-bond acceptors (Lipinski definition) is 4. The van der Waals surface area contributed by atoms with E-state index in [9.17, 15) is 4.79 Å². The number of carbonyl (C=O) groups is 1. The van der Waals surface area contributed by atoms with E-state index < -0.39 is 0 Å². The molecular formula is C13H16N2O2. The molecule has 0 saturated carbocycles. The maximum Gasteiger partial charge on any atom is 0.346 e. The smallest absolute Gasteiger partial charge is 0.346 e. The summed E-state index contributed by atoms with van der Waals surface area (Å²) in [6.07, 6.45) is 0.960. The molecule has 1 aromatic rings. The summed E-state index contributed by atoms with van der Waals surface area (Å²) < 4.78 is 5.13. The predicted octanol–water partition coefficient (Wildman–Crippen LogP) is 1.74. The quantitative estimate of drug-likeness (QED) is 0.634. The Morgan fingerprint density at radius 3 is 2.94 bits per heavy atom. The minimum atomic E-state index is -0.324. The first-order chi connectivity index (χ1) is 8.24. The van der Waals surface area contributed by atoms with Crippen LogP contribution in [0.15, 0.2) is 36.7 Å². The summed E-state index contributed by atoms with van der Waals surface area (Å²) in [6.45, 7) is 5.48. The van der Waals surface area contributed by atoms with Gasteiger partial charge in [-0.3, -0.25) is 0 Å². The van der Waals surface area contributed by atoms with Crippen molar-refractivity contribution < 1.29 is 9.53 Å². The zero-order chi connectivity index (χ0) is 12.3. The van der Waals surface area contributed by atoms with Crippen molar-refractivity contribution >= 4 is 11.7 Å². The van der Waals surface area contributed by atoms with Crippen LogP contribution in [-0.2, 0) is 4.74 Å². The number of carbonyl (C=O) groups excluding carboxylic acids is 1. The lowest BCUT2D eigenvalue weighted by atomic mass is 10.1. The molecule has 2 rings (SSSR count). The number of nitrogens with one attached hydrogen (secondary N) is 1. The number of nitrogens with zero attached hydrogens (tertiary/aromatic N) is 1. The number of para-hydroxylation sites is 1. The van der Waals surface area contributed by atoms with E-state index in [1.54, 1.807) is 6.07 Å². The first-order valence-electron chi connectivity index (χ1n) is 5.66. The Morgan fingerprint density at radius 1 is 1.41 bits per heavy atom. The molecule has 0 saturated heterocycles. The summed E-state index contributed by atoms with van der Waals surface area (Å²) in [5.74, 6) is 0.0836. The van der Waals surface area contributed by atoms with Crippen molar-refractivity contribution in [3.8, 4) is 0 Å². The van der Waals surface area contributed by atoms with E-state index in [4.69, 9.17) is 4.74 Å². The Kier molecular flexibility index (Phi) is 3.44. The predicted molar refractivity (Wildman–Crippen MR) is 66.9 cm³/mol. The van der Waals surface area contributed by atoms with Gasteiger partial charge >= 0.3 is 5.97 Å². The topological polar surface area (TPSA) is 41.6 Å². The third kappa shape index (κ3) is 2.31. The second-order valence-electron chi connectivity index (χ2n) is 3.91. The molecule has 0 bridgehead atoms. The molecule has 0 atom stereocenters. The molecule has 1 aliphatic rings. The van der Waals surface area contributed by atoms with Crippen LogP contribution in [0.2, 0.25) is 0 Å². The van der Waals surface area contributed by atoms with E-state index in [1.807, 2.05) is 30.1 Å². The van der Waals surface area contributed by atoms with Crippen molar-refractivity contribution in [2.45, 2.75) is 6.42 Å². The normalized spacial score (nSPS) is 14.5. The van der Waals surface area contributed by atoms with Gasteiger partial charge in [0, 0.05) is 6.54 Å². The van der Waals surface area contributed by atoms with Crippen LogP contribution in [0, 0.1) is 0 Å². The Labute approximate surface area is 101 Å². The maximum absolute atomic E-state index is 11.6. The number of benzene rings is 1. The van der Waals surface area contributed by atoms with E-state index in [1.165, 1.54) is 0 Å². The molecular weight excluding hydrogens is 216 g/mol. The molecule has 1 aromatic carbocycles. The molecule has 0 radical (unpaired) electrons. The second kappa shape index (κ2) is 5.01. The molecule has 0 fully saturated rings. The average Bonchev–Trinajstić information content (AvgIpc) is 2.33. The molecule has 4 nitrogen and oxygen atoms in total. The molecule has 0 aliphatic carbocycles. The molecule has 1 heterocycles. The lowest BCUT2D eigenvalue weighted by Gasteiger charge is -2.31. The lowest BCUT2D eigenvalue weighted by Crippen LogP contribution is -2.33. The Hall–Kier alpha value is -1.81. The SMILES string of the molecule is C=C1OC(=O)c2ccccc2N1CCCNC. The summed E-state index contributed by atoms with van der Waals surface area (Å²) in [5.41, 5.74) is 1.48. The lowest BCUT2D eigenvalue weighted by molar-refractivity contribution is 0.0602. The second-order valence-corrected chi connectivity index (χ2v) is 3.91. The van der Waals surface area contributed by atoms with Gasteiger partial charge < -0.3 is 15.0 Å². The van der Waals surface area contributed by atoms with Gasteiger partial charge in [0.25, 0.3) is 0 Å². The van der Waals surface area contributed by atoms with Crippen LogP contribution in [0.4, 0.5) is 5.69 Å². The number of hydrogen-bond donors (Lipinski definition) is 1. The number of rotatable bonds is 4. The number of ether oxygens (including phenoxy) is 1. The number of esters is 1. The number of cyclic esters (lactones) is 1. The van der Waals surface area contributed by atoms with Crippen LogP contribution >= 0.6 is 0 Å². The summed E-state index contributed by atoms with van der Waals surface area (Å²) in [5, 5.41) is 3.09. The van der Waals surface area contributed by atoms with Crippen molar-refractivity contribution in [1.82, 2.24) is 5.32 Å². The van der Waals surface area contributed by atoms with Crippen molar-refractivity contribution in [2.24, 2.45) is 0 Å². The maximum atomic E-state index is 11.6. The van der Waals surface area contributed by atoms with Crippen LogP contribution in [0.1, 0.15) is 16.8 Å². The van der Waals surface area contributed by atoms with E-state index in [2.05, 4.69) is 11.9 Å². The molecule has 4 heteroatoms. The Bertz CT molecular complexity index is 443. The van der Waals surface area contributed by atoms with Crippen molar-refractivity contribution in [2.75, 3.05) is 25.0 Å². The molecule has 0 aromatic heterocycles. The molecule has 0 amide bonds. The van der Waals surface area contributed by atoms with E-state index in [-0.39, 0.29) is 5.97 Å². The van der Waals surface area contributed by atoms with Crippen LogP contribution in [0.3, 0.4) is 0 Å². The van der Waals surface area contributed by atoms with Crippen molar-refractivity contribution in [3.63, 3.8) is 0 Å². The summed E-state index contributed by atoms with van der Waals surface area (Å²) in [4.78, 5) is 13.6. The standard InChI is InChI=1S/C13H16N2O2/c1-10-15(9-5-8-14-2)12-7-4-3-6-11(12)13(16)17-10/h3-4,6-7,14H,1,5,8-9H2,2H3.